The highest BCUT2D eigenvalue weighted by Crippen LogP contribution is 2.23. The van der Waals surface area contributed by atoms with Gasteiger partial charge in [0.25, 0.3) is 5.91 Å². The molecule has 2 amide bonds. The van der Waals surface area contributed by atoms with Crippen LogP contribution in [-0.2, 0) is 16.1 Å². The van der Waals surface area contributed by atoms with Crippen molar-refractivity contribution in [2.75, 3.05) is 26.2 Å². The number of piperidine rings is 1. The van der Waals surface area contributed by atoms with Gasteiger partial charge in [-0.15, -0.1) is 0 Å². The summed E-state index contributed by atoms with van der Waals surface area (Å²) in [5.41, 5.74) is 1.75. The molecule has 6 nitrogen and oxygen atoms in total. The van der Waals surface area contributed by atoms with Gasteiger partial charge in [0.1, 0.15) is 0 Å². The fourth-order valence-electron chi connectivity index (χ4n) is 4.85. The van der Waals surface area contributed by atoms with Crippen molar-refractivity contribution in [1.29, 1.82) is 0 Å². The Morgan fingerprint density at radius 1 is 0.848 bits per heavy atom. The van der Waals surface area contributed by atoms with Gasteiger partial charge < -0.3 is 10.2 Å². The van der Waals surface area contributed by atoms with E-state index in [-0.39, 0.29) is 11.9 Å². The highest BCUT2D eigenvalue weighted by atomic mass is 16.2. The number of rotatable bonds is 8. The first-order valence-electron chi connectivity index (χ1n) is 12.0. The molecular formula is C27H33N3O3. The molecule has 2 aromatic rings. The number of carbonyl (C=O) groups excluding carboxylic acids is 3. The zero-order valence-electron chi connectivity index (χ0n) is 19.1. The summed E-state index contributed by atoms with van der Waals surface area (Å²) < 4.78 is 0. The molecule has 174 valence electrons. The van der Waals surface area contributed by atoms with Gasteiger partial charge in [0.2, 0.25) is 11.7 Å². The third-order valence-electron chi connectivity index (χ3n) is 6.80. The number of carbonyl (C=O) groups is 3. The van der Waals surface area contributed by atoms with Crippen LogP contribution in [0.3, 0.4) is 0 Å². The second-order valence-electron chi connectivity index (χ2n) is 9.24. The minimum Gasteiger partial charge on any atom is -0.352 e. The molecule has 0 saturated carbocycles. The average Bonchev–Trinajstić information content (AvgIpc) is 3.29. The summed E-state index contributed by atoms with van der Waals surface area (Å²) in [4.78, 5) is 41.4. The third kappa shape index (κ3) is 6.51. The van der Waals surface area contributed by atoms with E-state index in [0.29, 0.717) is 31.0 Å². The van der Waals surface area contributed by atoms with Crippen LogP contribution in [0.5, 0.6) is 0 Å². The van der Waals surface area contributed by atoms with Crippen molar-refractivity contribution in [3.8, 4) is 0 Å². The van der Waals surface area contributed by atoms with Gasteiger partial charge in [-0.2, -0.15) is 0 Å². The Morgan fingerprint density at radius 2 is 1.52 bits per heavy atom. The Balaban J connectivity index is 1.13. The maximum Gasteiger partial charge on any atom is 0.294 e. The molecule has 0 bridgehead atoms. The molecule has 2 heterocycles. The van der Waals surface area contributed by atoms with Crippen LogP contribution >= 0.6 is 0 Å². The molecule has 1 atom stereocenters. The first-order chi connectivity index (χ1) is 16.1. The van der Waals surface area contributed by atoms with Crippen molar-refractivity contribution in [1.82, 2.24) is 15.1 Å². The number of hydrogen-bond donors (Lipinski definition) is 1. The van der Waals surface area contributed by atoms with Crippen LogP contribution in [0.1, 0.15) is 48.0 Å². The van der Waals surface area contributed by atoms with Crippen molar-refractivity contribution >= 4 is 17.6 Å². The molecule has 2 aromatic carbocycles. The van der Waals surface area contributed by atoms with Gasteiger partial charge in [-0.25, -0.2) is 0 Å². The molecule has 2 aliphatic rings. The fourth-order valence-corrected chi connectivity index (χ4v) is 4.85. The van der Waals surface area contributed by atoms with E-state index in [1.54, 1.807) is 29.2 Å². The van der Waals surface area contributed by atoms with E-state index in [1.165, 1.54) is 5.56 Å². The fraction of sp³-hybridized carbons (Fsp3) is 0.444. The monoisotopic (exact) mass is 447 g/mol. The topological polar surface area (TPSA) is 69.7 Å². The van der Waals surface area contributed by atoms with Crippen molar-refractivity contribution in [3.05, 3.63) is 71.8 Å². The summed E-state index contributed by atoms with van der Waals surface area (Å²) in [6.45, 7) is 4.00. The highest BCUT2D eigenvalue weighted by molar-refractivity contribution is 6.42. The normalized spacial score (nSPS) is 19.4. The van der Waals surface area contributed by atoms with Crippen LogP contribution in [0.2, 0.25) is 0 Å². The van der Waals surface area contributed by atoms with Crippen LogP contribution in [0.4, 0.5) is 0 Å². The standard InChI is InChI=1S/C27H33N3O3/c31-25(28-24-15-16-29(20-24)19-22-7-3-1-4-8-22)12-11-21-13-17-30(18-14-21)27(33)26(32)23-9-5-2-6-10-23/h1-10,21,24H,11-20H2,(H,28,31). The number of likely N-dealkylation sites (tertiary alicyclic amines) is 2. The van der Waals surface area contributed by atoms with Crippen LogP contribution in [0.15, 0.2) is 60.7 Å². The number of amides is 2. The number of ketones is 1. The van der Waals surface area contributed by atoms with E-state index in [2.05, 4.69) is 34.5 Å². The number of nitrogens with one attached hydrogen (secondary N) is 1. The Labute approximate surface area is 196 Å². The summed E-state index contributed by atoms with van der Waals surface area (Å²) >= 11 is 0. The summed E-state index contributed by atoms with van der Waals surface area (Å²) in [7, 11) is 0. The average molecular weight is 448 g/mol. The third-order valence-corrected chi connectivity index (χ3v) is 6.80. The summed E-state index contributed by atoms with van der Waals surface area (Å²) in [6.07, 6.45) is 4.04. The maximum atomic E-state index is 12.5. The Bertz CT molecular complexity index is 940. The van der Waals surface area contributed by atoms with Crippen LogP contribution in [-0.4, -0.2) is 59.6 Å². The zero-order chi connectivity index (χ0) is 23.0. The summed E-state index contributed by atoms with van der Waals surface area (Å²) in [5.74, 6) is -0.311. The van der Waals surface area contributed by atoms with Crippen molar-refractivity contribution in [2.45, 2.75) is 44.7 Å². The highest BCUT2D eigenvalue weighted by Gasteiger charge is 2.28. The molecule has 0 aromatic heterocycles. The van der Waals surface area contributed by atoms with Gasteiger partial charge in [-0.05, 0) is 37.2 Å². The lowest BCUT2D eigenvalue weighted by molar-refractivity contribution is -0.128. The molecule has 2 aliphatic heterocycles. The van der Waals surface area contributed by atoms with E-state index >= 15 is 0 Å². The van der Waals surface area contributed by atoms with Gasteiger partial charge in [0.05, 0.1) is 0 Å². The smallest absolute Gasteiger partial charge is 0.294 e. The Hall–Kier alpha value is -2.99. The first kappa shape index (κ1) is 23.2. The van der Waals surface area contributed by atoms with Crippen molar-refractivity contribution < 1.29 is 14.4 Å². The minimum absolute atomic E-state index is 0.124. The molecule has 33 heavy (non-hydrogen) atoms. The maximum absolute atomic E-state index is 12.5. The molecule has 0 radical (unpaired) electrons. The van der Waals surface area contributed by atoms with Crippen LogP contribution in [0, 0.1) is 5.92 Å². The lowest BCUT2D eigenvalue weighted by Gasteiger charge is -2.31. The Kier molecular flexibility index (Phi) is 7.89. The van der Waals surface area contributed by atoms with Gasteiger partial charge in [0, 0.05) is 50.7 Å². The van der Waals surface area contributed by atoms with Crippen molar-refractivity contribution in [3.63, 3.8) is 0 Å². The number of nitrogens with zero attached hydrogens (tertiary/aromatic N) is 2. The quantitative estimate of drug-likeness (QED) is 0.498. The molecule has 2 fully saturated rings. The molecule has 1 N–H and O–H groups in total. The molecule has 4 rings (SSSR count). The SMILES string of the molecule is O=C(CCC1CCN(C(=O)C(=O)c2ccccc2)CC1)NC1CCN(Cc2ccccc2)C1. The number of hydrogen-bond acceptors (Lipinski definition) is 4. The summed E-state index contributed by atoms with van der Waals surface area (Å²) in [5, 5.41) is 3.20. The molecule has 2 saturated heterocycles. The molecule has 1 unspecified atom stereocenters. The van der Waals surface area contributed by atoms with Gasteiger partial charge in [0.15, 0.2) is 0 Å². The van der Waals surface area contributed by atoms with Gasteiger partial charge in [-0.3, -0.25) is 19.3 Å². The molecular weight excluding hydrogens is 414 g/mol. The van der Waals surface area contributed by atoms with Crippen molar-refractivity contribution in [2.24, 2.45) is 5.92 Å². The van der Waals surface area contributed by atoms with Gasteiger partial charge >= 0.3 is 0 Å². The van der Waals surface area contributed by atoms with E-state index in [0.717, 1.165) is 45.3 Å². The van der Waals surface area contributed by atoms with E-state index < -0.39 is 11.7 Å². The molecule has 0 spiro atoms. The first-order valence-corrected chi connectivity index (χ1v) is 12.0. The lowest BCUT2D eigenvalue weighted by Crippen LogP contribution is -2.42. The molecule has 0 aliphatic carbocycles. The van der Waals surface area contributed by atoms with E-state index in [4.69, 9.17) is 0 Å². The summed E-state index contributed by atoms with van der Waals surface area (Å²) in [6, 6.07) is 19.4. The molecule has 6 heteroatoms. The van der Waals surface area contributed by atoms with Gasteiger partial charge in [-0.1, -0.05) is 60.7 Å². The number of benzene rings is 2. The lowest BCUT2D eigenvalue weighted by atomic mass is 9.91. The zero-order valence-corrected chi connectivity index (χ0v) is 19.1. The largest absolute Gasteiger partial charge is 0.352 e. The predicted molar refractivity (Wildman–Crippen MR) is 128 cm³/mol. The van der Waals surface area contributed by atoms with E-state index in [1.807, 2.05) is 12.1 Å². The minimum atomic E-state index is -0.439. The van der Waals surface area contributed by atoms with Crippen LogP contribution < -0.4 is 5.32 Å². The second-order valence-corrected chi connectivity index (χ2v) is 9.24. The predicted octanol–water partition coefficient (Wildman–Crippen LogP) is 3.28. The number of Topliss-reactive ketones (excluding diaryl/α,β-unsaturated/α-hetero) is 1. The second kappa shape index (κ2) is 11.2. The van der Waals surface area contributed by atoms with Crippen LogP contribution in [0.25, 0.3) is 0 Å². The Morgan fingerprint density at radius 3 is 2.21 bits per heavy atom. The van der Waals surface area contributed by atoms with E-state index in [9.17, 15) is 14.4 Å².